The van der Waals surface area contributed by atoms with Crippen LogP contribution in [0.5, 0.6) is 0 Å². The van der Waals surface area contributed by atoms with Crippen molar-refractivity contribution in [3.63, 3.8) is 0 Å². The molecule has 192 valence electrons. The average molecular weight is 519 g/mol. The molecule has 0 radical (unpaired) electrons. The van der Waals surface area contributed by atoms with E-state index in [0.29, 0.717) is 6.61 Å². The van der Waals surface area contributed by atoms with Gasteiger partial charge in [-0.15, -0.1) is 11.8 Å². The molecule has 2 aliphatic heterocycles. The molecule has 3 aromatic rings. The third-order valence-corrected chi connectivity index (χ3v) is 8.51. The lowest BCUT2D eigenvalue weighted by molar-refractivity contribution is -0.312. The fourth-order valence-electron chi connectivity index (χ4n) is 5.67. The highest BCUT2D eigenvalue weighted by atomic mass is 32.2. The summed E-state index contributed by atoms with van der Waals surface area (Å²) in [6, 6.07) is 26.3. The SMILES string of the molecule is CS[C@@H]1OC2COC(c3ccccc3)O[C@@H]2[C@H](OC(=O)OCC2c3ccccc3-c3ccccc32)C1C. The Kier molecular flexibility index (Phi) is 6.95. The quantitative estimate of drug-likeness (QED) is 0.375. The highest BCUT2D eigenvalue weighted by molar-refractivity contribution is 7.99. The number of ether oxygens (including phenoxy) is 5. The van der Waals surface area contributed by atoms with Gasteiger partial charge >= 0.3 is 6.16 Å². The van der Waals surface area contributed by atoms with Crippen molar-refractivity contribution in [3.05, 3.63) is 95.6 Å². The fourth-order valence-corrected chi connectivity index (χ4v) is 6.51. The van der Waals surface area contributed by atoms with Crippen LogP contribution in [0.25, 0.3) is 11.1 Å². The lowest BCUT2D eigenvalue weighted by atomic mass is 9.92. The molecule has 6 nitrogen and oxygen atoms in total. The maximum atomic E-state index is 13.1. The molecule has 3 aliphatic rings. The number of carbonyl (C=O) groups is 1. The topological polar surface area (TPSA) is 63.2 Å². The summed E-state index contributed by atoms with van der Waals surface area (Å²) < 4.78 is 30.3. The summed E-state index contributed by atoms with van der Waals surface area (Å²) >= 11 is 1.59. The van der Waals surface area contributed by atoms with E-state index in [4.69, 9.17) is 23.7 Å². The normalized spacial score (nSPS) is 28.6. The van der Waals surface area contributed by atoms with E-state index < -0.39 is 24.7 Å². The number of hydrogen-bond acceptors (Lipinski definition) is 7. The van der Waals surface area contributed by atoms with Crippen LogP contribution in [0.1, 0.15) is 35.8 Å². The van der Waals surface area contributed by atoms with Crippen molar-refractivity contribution >= 4 is 17.9 Å². The van der Waals surface area contributed by atoms with Gasteiger partial charge in [0.05, 0.1) is 6.61 Å². The van der Waals surface area contributed by atoms with E-state index in [1.165, 1.54) is 11.1 Å². The van der Waals surface area contributed by atoms with Gasteiger partial charge in [-0.05, 0) is 28.5 Å². The van der Waals surface area contributed by atoms with Gasteiger partial charge in [0.25, 0.3) is 0 Å². The highest BCUT2D eigenvalue weighted by Gasteiger charge is 2.50. The first-order chi connectivity index (χ1) is 18.1. The molecule has 0 saturated carbocycles. The van der Waals surface area contributed by atoms with Crippen LogP contribution in [0.4, 0.5) is 4.79 Å². The van der Waals surface area contributed by atoms with Gasteiger partial charge in [-0.2, -0.15) is 0 Å². The third kappa shape index (κ3) is 4.66. The molecule has 0 aromatic heterocycles. The van der Waals surface area contributed by atoms with Gasteiger partial charge in [-0.3, -0.25) is 0 Å². The predicted molar refractivity (Wildman–Crippen MR) is 141 cm³/mol. The number of benzene rings is 3. The monoisotopic (exact) mass is 518 g/mol. The standard InChI is InChI=1S/C30H30O6S/c1-18-26(27-25(34-29(18)37-2)17-32-28(35-27)19-10-4-3-5-11-19)36-30(31)33-16-24-22-14-8-6-12-20(22)21-13-7-9-15-23(21)24/h3-15,18,24-29H,16-17H2,1-2H3/t18?,25?,26-,27+,28?,29+/m1/s1. The zero-order chi connectivity index (χ0) is 25.4. The zero-order valence-electron chi connectivity index (χ0n) is 20.8. The Morgan fingerprint density at radius 2 is 1.57 bits per heavy atom. The van der Waals surface area contributed by atoms with E-state index in [2.05, 4.69) is 24.3 Å². The first kappa shape index (κ1) is 24.5. The minimum absolute atomic E-state index is 0.0273. The van der Waals surface area contributed by atoms with Crippen LogP contribution in [-0.2, 0) is 23.7 Å². The lowest BCUT2D eigenvalue weighted by Crippen LogP contribution is -2.59. The summed E-state index contributed by atoms with van der Waals surface area (Å²) in [5.41, 5.74) is 5.47. The number of hydrogen-bond donors (Lipinski definition) is 0. The molecule has 0 amide bonds. The Balaban J connectivity index is 1.17. The molecular weight excluding hydrogens is 488 g/mol. The van der Waals surface area contributed by atoms with Crippen molar-refractivity contribution in [2.45, 2.75) is 42.9 Å². The Bertz CT molecular complexity index is 1200. The molecule has 6 rings (SSSR count). The lowest BCUT2D eigenvalue weighted by Gasteiger charge is -2.47. The summed E-state index contributed by atoms with van der Waals surface area (Å²) in [6.07, 6.45) is -0.563. The summed E-state index contributed by atoms with van der Waals surface area (Å²) in [5.74, 6) is -0.119. The summed E-state index contributed by atoms with van der Waals surface area (Å²) in [4.78, 5) is 13.1. The second-order valence-electron chi connectivity index (χ2n) is 9.68. The van der Waals surface area contributed by atoms with Crippen molar-refractivity contribution < 1.29 is 28.5 Å². The first-order valence-corrected chi connectivity index (χ1v) is 13.9. The maximum absolute atomic E-state index is 13.1. The minimum atomic E-state index is -0.689. The van der Waals surface area contributed by atoms with Gasteiger partial charge in [0.1, 0.15) is 30.4 Å². The number of rotatable bonds is 5. The van der Waals surface area contributed by atoms with Gasteiger partial charge in [0.15, 0.2) is 6.29 Å². The molecule has 0 bridgehead atoms. The van der Waals surface area contributed by atoms with Crippen LogP contribution in [-0.4, -0.2) is 49.4 Å². The fraction of sp³-hybridized carbons (Fsp3) is 0.367. The van der Waals surface area contributed by atoms with Gasteiger partial charge < -0.3 is 23.7 Å². The van der Waals surface area contributed by atoms with Crippen molar-refractivity contribution in [2.75, 3.05) is 19.5 Å². The molecule has 0 spiro atoms. The summed E-state index contributed by atoms with van der Waals surface area (Å²) in [6.45, 7) is 2.59. The van der Waals surface area contributed by atoms with Crippen LogP contribution in [0.2, 0.25) is 0 Å². The number of fused-ring (bicyclic) bond motifs is 4. The van der Waals surface area contributed by atoms with Crippen LogP contribution in [0, 0.1) is 5.92 Å². The second kappa shape index (κ2) is 10.5. The van der Waals surface area contributed by atoms with Gasteiger partial charge in [0, 0.05) is 17.4 Å². The molecular formula is C30H30O6S. The summed E-state index contributed by atoms with van der Waals surface area (Å²) in [5, 5.41) is 0. The highest BCUT2D eigenvalue weighted by Crippen LogP contribution is 2.45. The Hall–Kier alpha value is -2.84. The third-order valence-electron chi connectivity index (χ3n) is 7.51. The zero-order valence-corrected chi connectivity index (χ0v) is 21.6. The van der Waals surface area contributed by atoms with Crippen molar-refractivity contribution in [1.82, 2.24) is 0 Å². The smallest absolute Gasteiger partial charge is 0.433 e. The molecule has 0 N–H and O–H groups in total. The van der Waals surface area contributed by atoms with E-state index in [1.54, 1.807) is 11.8 Å². The largest absolute Gasteiger partial charge is 0.508 e. The van der Waals surface area contributed by atoms with E-state index in [9.17, 15) is 4.79 Å². The van der Waals surface area contributed by atoms with Crippen LogP contribution >= 0.6 is 11.8 Å². The van der Waals surface area contributed by atoms with Crippen LogP contribution < -0.4 is 0 Å². The van der Waals surface area contributed by atoms with E-state index >= 15 is 0 Å². The molecule has 7 heteroatoms. The number of carbonyl (C=O) groups excluding carboxylic acids is 1. The maximum Gasteiger partial charge on any atom is 0.508 e. The average Bonchev–Trinajstić information content (AvgIpc) is 3.27. The second-order valence-corrected chi connectivity index (χ2v) is 10.6. The molecule has 1 aliphatic carbocycles. The predicted octanol–water partition coefficient (Wildman–Crippen LogP) is 6.16. The van der Waals surface area contributed by atoms with Gasteiger partial charge in [-0.1, -0.05) is 85.8 Å². The first-order valence-electron chi connectivity index (χ1n) is 12.7. The van der Waals surface area contributed by atoms with Crippen molar-refractivity contribution in [3.8, 4) is 11.1 Å². The van der Waals surface area contributed by atoms with Crippen molar-refractivity contribution in [1.29, 1.82) is 0 Å². The molecule has 3 aromatic carbocycles. The molecule has 2 fully saturated rings. The van der Waals surface area contributed by atoms with E-state index in [0.717, 1.165) is 16.7 Å². The molecule has 2 heterocycles. The van der Waals surface area contributed by atoms with E-state index in [-0.39, 0.29) is 30.0 Å². The molecule has 3 unspecified atom stereocenters. The van der Waals surface area contributed by atoms with Gasteiger partial charge in [-0.25, -0.2) is 4.79 Å². The molecule has 6 atom stereocenters. The Morgan fingerprint density at radius 1 is 0.919 bits per heavy atom. The molecule has 2 saturated heterocycles. The van der Waals surface area contributed by atoms with Gasteiger partial charge in [0.2, 0.25) is 0 Å². The minimum Gasteiger partial charge on any atom is -0.433 e. The Labute approximate surface area is 221 Å². The van der Waals surface area contributed by atoms with E-state index in [1.807, 2.05) is 67.8 Å². The summed E-state index contributed by atoms with van der Waals surface area (Å²) in [7, 11) is 0. The Morgan fingerprint density at radius 3 is 2.24 bits per heavy atom. The number of thioether (sulfide) groups is 1. The van der Waals surface area contributed by atoms with Crippen LogP contribution in [0.15, 0.2) is 78.9 Å². The van der Waals surface area contributed by atoms with Crippen LogP contribution in [0.3, 0.4) is 0 Å². The molecule has 37 heavy (non-hydrogen) atoms. The van der Waals surface area contributed by atoms with Crippen molar-refractivity contribution in [2.24, 2.45) is 5.92 Å².